The standard InChI is InChI=1S/C23H30N4O/c1-16-13-17(9-11-21(16)28-3)23-20(15-26(2)19-7-5-4-6-8-19)27-14-18(24)10-12-22(27)25-23/h9-14,19H,4-8,15,24H2,1-3H3. The van der Waals surface area contributed by atoms with Gasteiger partial charge in [-0.05, 0) is 62.7 Å². The minimum absolute atomic E-state index is 0.644. The van der Waals surface area contributed by atoms with Crippen molar-refractivity contribution in [2.24, 2.45) is 0 Å². The fourth-order valence-electron chi connectivity index (χ4n) is 4.40. The van der Waals surface area contributed by atoms with Gasteiger partial charge in [-0.1, -0.05) is 19.3 Å². The molecule has 1 aliphatic carbocycles. The molecule has 0 radical (unpaired) electrons. The first-order valence-corrected chi connectivity index (χ1v) is 10.2. The van der Waals surface area contributed by atoms with Crippen LogP contribution in [0.4, 0.5) is 5.69 Å². The summed E-state index contributed by atoms with van der Waals surface area (Å²) in [6.45, 7) is 2.93. The van der Waals surface area contributed by atoms with Crippen LogP contribution in [0.5, 0.6) is 5.75 Å². The van der Waals surface area contributed by atoms with Gasteiger partial charge in [0.1, 0.15) is 11.4 Å². The van der Waals surface area contributed by atoms with Crippen molar-refractivity contribution >= 4 is 11.3 Å². The summed E-state index contributed by atoms with van der Waals surface area (Å²) < 4.78 is 7.59. The maximum Gasteiger partial charge on any atom is 0.137 e. The molecule has 3 aromatic rings. The lowest BCUT2D eigenvalue weighted by molar-refractivity contribution is 0.182. The predicted octanol–water partition coefficient (Wildman–Crippen LogP) is 4.67. The van der Waals surface area contributed by atoms with Crippen molar-refractivity contribution in [3.05, 3.63) is 47.8 Å². The van der Waals surface area contributed by atoms with Gasteiger partial charge in [0, 0.05) is 30.0 Å². The zero-order valence-electron chi connectivity index (χ0n) is 17.1. The van der Waals surface area contributed by atoms with Gasteiger partial charge in [-0.2, -0.15) is 0 Å². The van der Waals surface area contributed by atoms with Crippen LogP contribution in [-0.2, 0) is 6.54 Å². The third-order valence-corrected chi connectivity index (χ3v) is 6.01. The third kappa shape index (κ3) is 3.59. The molecule has 5 heteroatoms. The Bertz CT molecular complexity index is 972. The van der Waals surface area contributed by atoms with Gasteiger partial charge in [-0.3, -0.25) is 4.90 Å². The van der Waals surface area contributed by atoms with Crippen LogP contribution in [0.1, 0.15) is 43.4 Å². The van der Waals surface area contributed by atoms with Crippen molar-refractivity contribution in [3.63, 3.8) is 0 Å². The number of methoxy groups -OCH3 is 1. The Labute approximate surface area is 167 Å². The number of ether oxygens (including phenoxy) is 1. The molecule has 0 unspecified atom stereocenters. The van der Waals surface area contributed by atoms with Crippen LogP contribution in [0.3, 0.4) is 0 Å². The van der Waals surface area contributed by atoms with Crippen molar-refractivity contribution in [2.75, 3.05) is 19.9 Å². The summed E-state index contributed by atoms with van der Waals surface area (Å²) in [5.41, 5.74) is 12.2. The highest BCUT2D eigenvalue weighted by Gasteiger charge is 2.22. The van der Waals surface area contributed by atoms with Gasteiger partial charge >= 0.3 is 0 Å². The number of aromatic nitrogens is 2. The largest absolute Gasteiger partial charge is 0.496 e. The molecule has 4 rings (SSSR count). The summed E-state index contributed by atoms with van der Waals surface area (Å²) >= 11 is 0. The molecule has 2 aromatic heterocycles. The zero-order chi connectivity index (χ0) is 19.7. The maximum atomic E-state index is 6.10. The van der Waals surface area contributed by atoms with Crippen molar-refractivity contribution in [1.29, 1.82) is 0 Å². The van der Waals surface area contributed by atoms with Crippen LogP contribution in [0.2, 0.25) is 0 Å². The van der Waals surface area contributed by atoms with Crippen LogP contribution < -0.4 is 10.5 Å². The minimum atomic E-state index is 0.644. The summed E-state index contributed by atoms with van der Waals surface area (Å²) in [6, 6.07) is 10.8. The molecule has 1 aromatic carbocycles. The molecular weight excluding hydrogens is 348 g/mol. The zero-order valence-corrected chi connectivity index (χ0v) is 17.1. The third-order valence-electron chi connectivity index (χ3n) is 6.01. The monoisotopic (exact) mass is 378 g/mol. The molecule has 2 heterocycles. The van der Waals surface area contributed by atoms with Crippen LogP contribution >= 0.6 is 0 Å². The molecular formula is C23H30N4O. The summed E-state index contributed by atoms with van der Waals surface area (Å²) in [6.07, 6.45) is 8.59. The SMILES string of the molecule is COc1ccc(-c2nc3ccc(N)cn3c2CN(C)C2CCCCC2)cc1C. The second kappa shape index (κ2) is 7.84. The number of anilines is 1. The molecule has 1 aliphatic rings. The molecule has 2 N–H and O–H groups in total. The first-order chi connectivity index (χ1) is 13.6. The van der Waals surface area contributed by atoms with Crippen molar-refractivity contribution in [3.8, 4) is 17.0 Å². The Balaban J connectivity index is 1.77. The van der Waals surface area contributed by atoms with E-state index in [1.54, 1.807) is 7.11 Å². The fourth-order valence-corrected chi connectivity index (χ4v) is 4.40. The van der Waals surface area contributed by atoms with Crippen molar-refractivity contribution < 1.29 is 4.74 Å². The van der Waals surface area contributed by atoms with E-state index in [4.69, 9.17) is 15.5 Å². The summed E-state index contributed by atoms with van der Waals surface area (Å²) in [5.74, 6) is 0.901. The van der Waals surface area contributed by atoms with Crippen LogP contribution in [0, 0.1) is 6.92 Å². The highest BCUT2D eigenvalue weighted by Crippen LogP contribution is 2.31. The van der Waals surface area contributed by atoms with E-state index in [0.717, 1.165) is 40.4 Å². The van der Waals surface area contributed by atoms with Gasteiger partial charge in [0.25, 0.3) is 0 Å². The quantitative estimate of drug-likeness (QED) is 0.701. The van der Waals surface area contributed by atoms with E-state index in [0.29, 0.717) is 6.04 Å². The number of nitrogens with zero attached hydrogens (tertiary/aromatic N) is 3. The molecule has 0 spiro atoms. The van der Waals surface area contributed by atoms with E-state index in [2.05, 4.69) is 35.4 Å². The Hall–Kier alpha value is -2.53. The normalized spacial score (nSPS) is 15.4. The molecule has 0 amide bonds. The van der Waals surface area contributed by atoms with Gasteiger partial charge < -0.3 is 14.9 Å². The van der Waals surface area contributed by atoms with E-state index in [9.17, 15) is 0 Å². The summed E-state index contributed by atoms with van der Waals surface area (Å²) in [7, 11) is 3.95. The van der Waals surface area contributed by atoms with E-state index in [1.165, 1.54) is 37.8 Å². The average molecular weight is 379 g/mol. The number of imidazole rings is 1. The Morgan fingerprint density at radius 3 is 2.68 bits per heavy atom. The average Bonchev–Trinajstić information content (AvgIpc) is 3.06. The van der Waals surface area contributed by atoms with E-state index in [-0.39, 0.29) is 0 Å². The maximum absolute atomic E-state index is 6.10. The number of nitrogens with two attached hydrogens (primary N) is 1. The molecule has 28 heavy (non-hydrogen) atoms. The number of hydrogen-bond donors (Lipinski definition) is 1. The van der Waals surface area contributed by atoms with Gasteiger partial charge in [0.15, 0.2) is 0 Å². The second-order valence-corrected chi connectivity index (χ2v) is 7.99. The van der Waals surface area contributed by atoms with Crippen molar-refractivity contribution in [2.45, 2.75) is 51.6 Å². The van der Waals surface area contributed by atoms with E-state index in [1.807, 2.05) is 24.4 Å². The number of hydrogen-bond acceptors (Lipinski definition) is 4. The molecule has 0 saturated heterocycles. The Morgan fingerprint density at radius 2 is 1.96 bits per heavy atom. The highest BCUT2D eigenvalue weighted by atomic mass is 16.5. The first kappa shape index (κ1) is 18.8. The van der Waals surface area contributed by atoms with Gasteiger partial charge in [-0.15, -0.1) is 0 Å². The van der Waals surface area contributed by atoms with Gasteiger partial charge in [0.05, 0.1) is 18.5 Å². The topological polar surface area (TPSA) is 55.8 Å². The molecule has 148 valence electrons. The lowest BCUT2D eigenvalue weighted by Crippen LogP contribution is -2.33. The van der Waals surface area contributed by atoms with E-state index >= 15 is 0 Å². The fraction of sp³-hybridized carbons (Fsp3) is 0.435. The number of rotatable bonds is 5. The molecule has 0 bridgehead atoms. The van der Waals surface area contributed by atoms with Gasteiger partial charge in [0.2, 0.25) is 0 Å². The van der Waals surface area contributed by atoms with Crippen LogP contribution in [-0.4, -0.2) is 34.5 Å². The Kier molecular flexibility index (Phi) is 5.27. The van der Waals surface area contributed by atoms with Crippen LogP contribution in [0.15, 0.2) is 36.5 Å². The molecule has 1 saturated carbocycles. The number of pyridine rings is 1. The first-order valence-electron chi connectivity index (χ1n) is 10.2. The number of nitrogen functional groups attached to an aromatic ring is 1. The van der Waals surface area contributed by atoms with Crippen molar-refractivity contribution in [1.82, 2.24) is 14.3 Å². The lowest BCUT2D eigenvalue weighted by Gasteiger charge is -2.31. The number of benzene rings is 1. The minimum Gasteiger partial charge on any atom is -0.496 e. The van der Waals surface area contributed by atoms with E-state index < -0.39 is 0 Å². The summed E-state index contributed by atoms with van der Waals surface area (Å²) in [5, 5.41) is 0. The number of aryl methyl sites for hydroxylation is 1. The second-order valence-electron chi connectivity index (χ2n) is 7.99. The lowest BCUT2D eigenvalue weighted by atomic mass is 9.94. The van der Waals surface area contributed by atoms with Crippen LogP contribution in [0.25, 0.3) is 16.9 Å². The molecule has 1 fully saturated rings. The van der Waals surface area contributed by atoms with Gasteiger partial charge in [-0.25, -0.2) is 4.98 Å². The molecule has 0 atom stereocenters. The molecule has 0 aliphatic heterocycles. The molecule has 5 nitrogen and oxygen atoms in total. The summed E-state index contributed by atoms with van der Waals surface area (Å²) in [4.78, 5) is 7.45. The number of fused-ring (bicyclic) bond motifs is 1. The highest BCUT2D eigenvalue weighted by molar-refractivity contribution is 5.69. The smallest absolute Gasteiger partial charge is 0.137 e. The Morgan fingerprint density at radius 1 is 1.18 bits per heavy atom. The predicted molar refractivity (Wildman–Crippen MR) is 115 cm³/mol.